The van der Waals surface area contributed by atoms with Crippen LogP contribution in [0.3, 0.4) is 0 Å². The molecule has 1 aliphatic rings. The molecule has 0 atom stereocenters. The van der Waals surface area contributed by atoms with Gasteiger partial charge in [-0.05, 0) is 40.3 Å². The molecular weight excluding hydrogens is 346 g/mol. The van der Waals surface area contributed by atoms with Gasteiger partial charge in [0.2, 0.25) is 0 Å². The lowest BCUT2D eigenvalue weighted by Gasteiger charge is -2.23. The van der Waals surface area contributed by atoms with Crippen LogP contribution in [0.15, 0.2) is 15.5 Å². The molecule has 0 radical (unpaired) electrons. The number of thioether (sulfide) groups is 1. The molecule has 20 heavy (non-hydrogen) atoms. The van der Waals surface area contributed by atoms with Crippen LogP contribution >= 0.6 is 27.7 Å². The summed E-state index contributed by atoms with van der Waals surface area (Å²) in [4.78, 5) is 23.3. The molecule has 0 unspecified atom stereocenters. The van der Waals surface area contributed by atoms with Gasteiger partial charge < -0.3 is 10.1 Å². The largest absolute Gasteiger partial charge is 0.468 e. The van der Waals surface area contributed by atoms with E-state index in [0.29, 0.717) is 16.2 Å². The summed E-state index contributed by atoms with van der Waals surface area (Å²) in [5.41, 5.74) is 0.332. The minimum atomic E-state index is -0.503. The number of methoxy groups -OCH3 is 1. The smallest absolute Gasteiger partial charge is 0.327 e. The number of anilines is 1. The van der Waals surface area contributed by atoms with Gasteiger partial charge in [0.15, 0.2) is 0 Å². The molecule has 1 aromatic rings. The summed E-state index contributed by atoms with van der Waals surface area (Å²) in [6.45, 7) is -0.186. The Hall–Kier alpha value is -1.02. The summed E-state index contributed by atoms with van der Waals surface area (Å²) < 4.78 is 6.01. The summed E-state index contributed by atoms with van der Waals surface area (Å²) in [6.07, 6.45) is 3.71. The zero-order chi connectivity index (χ0) is 14.5. The van der Waals surface area contributed by atoms with Crippen LogP contribution in [0.2, 0.25) is 0 Å². The highest BCUT2D eigenvalue weighted by atomic mass is 79.9. The first-order chi connectivity index (χ1) is 9.61. The number of esters is 1. The van der Waals surface area contributed by atoms with E-state index < -0.39 is 5.97 Å². The highest BCUT2D eigenvalue weighted by Gasteiger charge is 2.17. The number of carbonyl (C=O) groups is 1. The first-order valence-electron chi connectivity index (χ1n) is 6.28. The number of nitrogens with one attached hydrogen (secondary N) is 1. The van der Waals surface area contributed by atoms with Gasteiger partial charge in [0.1, 0.15) is 11.0 Å². The monoisotopic (exact) mass is 361 g/mol. The molecular formula is C12H16BrN3O3S. The van der Waals surface area contributed by atoms with Crippen LogP contribution < -0.4 is 10.9 Å². The van der Waals surface area contributed by atoms with E-state index in [4.69, 9.17) is 0 Å². The van der Waals surface area contributed by atoms with Gasteiger partial charge in [-0.1, -0.05) is 0 Å². The Morgan fingerprint density at radius 2 is 2.30 bits per heavy atom. The number of aromatic nitrogens is 2. The molecule has 0 bridgehead atoms. The lowest BCUT2D eigenvalue weighted by Crippen LogP contribution is -2.30. The molecule has 6 nitrogen and oxygen atoms in total. The third kappa shape index (κ3) is 3.76. The maximum atomic E-state index is 12.1. The van der Waals surface area contributed by atoms with Gasteiger partial charge in [-0.2, -0.15) is 16.9 Å². The molecule has 0 amide bonds. The third-order valence-electron chi connectivity index (χ3n) is 3.07. The number of ether oxygens (including phenoxy) is 1. The molecule has 0 spiro atoms. The van der Waals surface area contributed by atoms with Gasteiger partial charge in [0.25, 0.3) is 5.56 Å². The first-order valence-corrected chi connectivity index (χ1v) is 8.23. The highest BCUT2D eigenvalue weighted by Crippen LogP contribution is 2.23. The van der Waals surface area contributed by atoms with E-state index in [-0.39, 0.29) is 12.1 Å². The van der Waals surface area contributed by atoms with Crippen LogP contribution in [-0.4, -0.2) is 40.4 Å². The zero-order valence-electron chi connectivity index (χ0n) is 11.1. The van der Waals surface area contributed by atoms with E-state index in [1.54, 1.807) is 6.20 Å². The predicted octanol–water partition coefficient (Wildman–Crippen LogP) is 1.49. The number of hydrogen-bond donors (Lipinski definition) is 1. The molecule has 2 rings (SSSR count). The van der Waals surface area contributed by atoms with Crippen LogP contribution in [0, 0.1) is 0 Å². The number of halogens is 1. The van der Waals surface area contributed by atoms with Crippen molar-refractivity contribution in [2.75, 3.05) is 23.9 Å². The maximum Gasteiger partial charge on any atom is 0.327 e. The van der Waals surface area contributed by atoms with Crippen molar-refractivity contribution in [2.24, 2.45) is 0 Å². The van der Waals surface area contributed by atoms with Gasteiger partial charge in [0, 0.05) is 6.04 Å². The number of nitrogens with zero attached hydrogens (tertiary/aromatic N) is 2. The standard InChI is InChI=1S/C12H16BrN3O3S/c1-19-10(17)7-16-12(18)11(13)9(6-14-16)15-8-2-4-20-5-3-8/h6,8,15H,2-5,7H2,1H3. The van der Waals surface area contributed by atoms with Crippen LogP contribution in [0.5, 0.6) is 0 Å². The van der Waals surface area contributed by atoms with Crippen molar-refractivity contribution in [3.05, 3.63) is 21.0 Å². The molecule has 0 aromatic carbocycles. The Bertz CT molecular complexity index is 543. The fourth-order valence-corrected chi connectivity index (χ4v) is 3.45. The van der Waals surface area contributed by atoms with Crippen LogP contribution in [0.25, 0.3) is 0 Å². The van der Waals surface area contributed by atoms with E-state index >= 15 is 0 Å². The third-order valence-corrected chi connectivity index (χ3v) is 4.89. The second-order valence-electron chi connectivity index (χ2n) is 4.44. The summed E-state index contributed by atoms with van der Waals surface area (Å²) >= 11 is 5.22. The molecule has 1 aromatic heterocycles. The SMILES string of the molecule is COC(=O)Cn1ncc(NC2CCSCC2)c(Br)c1=O. The van der Waals surface area contributed by atoms with E-state index in [0.717, 1.165) is 29.0 Å². The molecule has 2 heterocycles. The lowest BCUT2D eigenvalue weighted by atomic mass is 10.1. The molecule has 1 aliphatic heterocycles. The van der Waals surface area contributed by atoms with E-state index in [1.807, 2.05) is 11.8 Å². The number of carbonyl (C=O) groups excluding carboxylic acids is 1. The Kier molecular flexibility index (Phi) is 5.47. The van der Waals surface area contributed by atoms with E-state index in [2.05, 4.69) is 31.1 Å². The number of rotatable bonds is 4. The Balaban J connectivity index is 2.13. The van der Waals surface area contributed by atoms with Gasteiger partial charge >= 0.3 is 5.97 Å². The Labute approximate surface area is 129 Å². The van der Waals surface area contributed by atoms with E-state index in [1.165, 1.54) is 7.11 Å². The Morgan fingerprint density at radius 1 is 1.60 bits per heavy atom. The average Bonchev–Trinajstić information content (AvgIpc) is 2.48. The van der Waals surface area contributed by atoms with Gasteiger partial charge in [0.05, 0.1) is 19.0 Å². The minimum Gasteiger partial charge on any atom is -0.468 e. The van der Waals surface area contributed by atoms with Gasteiger partial charge in [-0.3, -0.25) is 9.59 Å². The van der Waals surface area contributed by atoms with Crippen LogP contribution in [0.1, 0.15) is 12.8 Å². The molecule has 1 fully saturated rings. The predicted molar refractivity (Wildman–Crippen MR) is 82.2 cm³/mol. The highest BCUT2D eigenvalue weighted by molar-refractivity contribution is 9.10. The van der Waals surface area contributed by atoms with Crippen molar-refractivity contribution in [2.45, 2.75) is 25.4 Å². The average molecular weight is 362 g/mol. The molecule has 0 aliphatic carbocycles. The van der Waals surface area contributed by atoms with Crippen molar-refractivity contribution in [1.82, 2.24) is 9.78 Å². The molecule has 1 N–H and O–H groups in total. The summed E-state index contributed by atoms with van der Waals surface area (Å²) in [7, 11) is 1.28. The topological polar surface area (TPSA) is 73.2 Å². The molecule has 8 heteroatoms. The summed E-state index contributed by atoms with van der Waals surface area (Å²) in [5.74, 6) is 1.75. The summed E-state index contributed by atoms with van der Waals surface area (Å²) in [6, 6.07) is 0.366. The van der Waals surface area contributed by atoms with Crippen molar-refractivity contribution in [1.29, 1.82) is 0 Å². The molecule has 0 saturated carbocycles. The van der Waals surface area contributed by atoms with Crippen LogP contribution in [0.4, 0.5) is 5.69 Å². The second kappa shape index (κ2) is 7.12. The number of hydrogen-bond acceptors (Lipinski definition) is 6. The Morgan fingerprint density at radius 3 is 2.95 bits per heavy atom. The normalized spacial score (nSPS) is 15.9. The van der Waals surface area contributed by atoms with Crippen molar-refractivity contribution < 1.29 is 9.53 Å². The molecule has 110 valence electrons. The van der Waals surface area contributed by atoms with E-state index in [9.17, 15) is 9.59 Å². The van der Waals surface area contributed by atoms with Gasteiger partial charge in [-0.25, -0.2) is 4.68 Å². The maximum absolute atomic E-state index is 12.1. The first kappa shape index (κ1) is 15.4. The fraction of sp³-hybridized carbons (Fsp3) is 0.583. The van der Waals surface area contributed by atoms with Crippen LogP contribution in [-0.2, 0) is 16.1 Å². The lowest BCUT2D eigenvalue weighted by molar-refractivity contribution is -0.141. The summed E-state index contributed by atoms with van der Waals surface area (Å²) in [5, 5.41) is 7.33. The van der Waals surface area contributed by atoms with Crippen molar-refractivity contribution in [3.63, 3.8) is 0 Å². The second-order valence-corrected chi connectivity index (χ2v) is 6.46. The van der Waals surface area contributed by atoms with Crippen molar-refractivity contribution in [3.8, 4) is 0 Å². The quantitative estimate of drug-likeness (QED) is 0.819. The zero-order valence-corrected chi connectivity index (χ0v) is 13.5. The van der Waals surface area contributed by atoms with Gasteiger partial charge in [-0.15, -0.1) is 0 Å². The fourth-order valence-electron chi connectivity index (χ4n) is 1.93. The molecule has 1 saturated heterocycles. The minimum absolute atomic E-state index is 0.186. The van der Waals surface area contributed by atoms with Crippen molar-refractivity contribution >= 4 is 39.3 Å².